The fourth-order valence-electron chi connectivity index (χ4n) is 3.25. The first-order valence-electron chi connectivity index (χ1n) is 9.48. The molecule has 0 bridgehead atoms. The number of hydrogen-bond acceptors (Lipinski definition) is 4. The smallest absolute Gasteiger partial charge is 0.329 e. The summed E-state index contributed by atoms with van der Waals surface area (Å²) in [5.41, 5.74) is 2.60. The van der Waals surface area contributed by atoms with Crippen molar-refractivity contribution in [2.75, 3.05) is 6.54 Å². The van der Waals surface area contributed by atoms with Crippen molar-refractivity contribution in [3.05, 3.63) is 70.2 Å². The van der Waals surface area contributed by atoms with E-state index >= 15 is 0 Å². The van der Waals surface area contributed by atoms with Gasteiger partial charge in [-0.05, 0) is 43.5 Å². The minimum Gasteiger partial charge on any atom is -0.451 e. The van der Waals surface area contributed by atoms with Crippen molar-refractivity contribution in [1.82, 2.24) is 10.2 Å². The molecule has 29 heavy (non-hydrogen) atoms. The quantitative estimate of drug-likeness (QED) is 0.763. The summed E-state index contributed by atoms with van der Waals surface area (Å²) in [6, 6.07) is 13.6. The lowest BCUT2D eigenvalue weighted by atomic mass is 9.99. The van der Waals surface area contributed by atoms with Gasteiger partial charge >= 0.3 is 5.97 Å². The maximum absolute atomic E-state index is 12.7. The highest BCUT2D eigenvalue weighted by atomic mass is 35.5. The second-order valence-corrected chi connectivity index (χ2v) is 7.44. The SMILES string of the molecule is C[C@H](OC(=O)[C@@H](C)NC(=O)c1ccccc1Cl)C(=O)N1CCc2ccccc2C1. The maximum atomic E-state index is 12.7. The molecule has 1 aliphatic rings. The molecule has 0 radical (unpaired) electrons. The van der Waals surface area contributed by atoms with Crippen LogP contribution < -0.4 is 5.32 Å². The first kappa shape index (κ1) is 20.9. The number of fused-ring (bicyclic) bond motifs is 1. The number of esters is 1. The molecule has 0 aromatic heterocycles. The Morgan fingerprint density at radius 3 is 2.41 bits per heavy atom. The second kappa shape index (κ2) is 9.09. The number of halogens is 1. The molecule has 7 heteroatoms. The molecule has 2 aromatic carbocycles. The third-order valence-corrected chi connectivity index (χ3v) is 5.23. The van der Waals surface area contributed by atoms with E-state index in [2.05, 4.69) is 11.4 Å². The zero-order chi connectivity index (χ0) is 21.0. The molecule has 1 aliphatic heterocycles. The Bertz CT molecular complexity index is 931. The monoisotopic (exact) mass is 414 g/mol. The lowest BCUT2D eigenvalue weighted by Crippen LogP contribution is -2.46. The Morgan fingerprint density at radius 2 is 1.69 bits per heavy atom. The molecule has 0 saturated carbocycles. The average Bonchev–Trinajstić information content (AvgIpc) is 2.72. The van der Waals surface area contributed by atoms with Gasteiger partial charge in [0, 0.05) is 13.1 Å². The van der Waals surface area contributed by atoms with Crippen molar-refractivity contribution < 1.29 is 19.1 Å². The maximum Gasteiger partial charge on any atom is 0.329 e. The van der Waals surface area contributed by atoms with Crippen molar-refractivity contribution in [2.24, 2.45) is 0 Å². The van der Waals surface area contributed by atoms with E-state index in [1.807, 2.05) is 18.2 Å². The van der Waals surface area contributed by atoms with Crippen LogP contribution in [0.5, 0.6) is 0 Å². The standard InChI is InChI=1S/C22H23ClN2O4/c1-14(24-20(26)18-9-5-6-10-19(18)23)22(28)29-15(2)21(27)25-12-11-16-7-3-4-8-17(16)13-25/h3-10,14-15H,11-13H2,1-2H3,(H,24,26)/t14-,15+/m1/s1. The third kappa shape index (κ3) is 4.95. The summed E-state index contributed by atoms with van der Waals surface area (Å²) in [6.45, 7) is 4.13. The molecule has 6 nitrogen and oxygen atoms in total. The summed E-state index contributed by atoms with van der Waals surface area (Å²) in [5.74, 6) is -1.41. The zero-order valence-corrected chi connectivity index (χ0v) is 17.1. The minimum atomic E-state index is -0.938. The van der Waals surface area contributed by atoms with E-state index in [4.69, 9.17) is 16.3 Å². The van der Waals surface area contributed by atoms with Crippen LogP contribution in [0, 0.1) is 0 Å². The number of ether oxygens (including phenoxy) is 1. The highest BCUT2D eigenvalue weighted by molar-refractivity contribution is 6.33. The summed E-state index contributed by atoms with van der Waals surface area (Å²) in [5, 5.41) is 2.84. The number of carbonyl (C=O) groups is 3. The molecular weight excluding hydrogens is 392 g/mol. The minimum absolute atomic E-state index is 0.252. The van der Waals surface area contributed by atoms with Crippen LogP contribution in [-0.4, -0.2) is 41.4 Å². The van der Waals surface area contributed by atoms with Gasteiger partial charge in [-0.3, -0.25) is 9.59 Å². The molecule has 0 saturated heterocycles. The van der Waals surface area contributed by atoms with Crippen LogP contribution in [-0.2, 0) is 27.3 Å². The molecule has 1 N–H and O–H groups in total. The van der Waals surface area contributed by atoms with Crippen LogP contribution in [0.3, 0.4) is 0 Å². The molecule has 152 valence electrons. The Kier molecular flexibility index (Phi) is 6.54. The number of amides is 2. The number of nitrogens with zero attached hydrogens (tertiary/aromatic N) is 1. The van der Waals surface area contributed by atoms with Crippen LogP contribution >= 0.6 is 11.6 Å². The van der Waals surface area contributed by atoms with Gasteiger partial charge in [-0.25, -0.2) is 4.79 Å². The molecule has 2 amide bonds. The largest absolute Gasteiger partial charge is 0.451 e. The Hall–Kier alpha value is -2.86. The molecule has 0 fully saturated rings. The summed E-state index contributed by atoms with van der Waals surface area (Å²) >= 11 is 6.00. The van der Waals surface area contributed by atoms with Gasteiger partial charge in [0.05, 0.1) is 10.6 Å². The topological polar surface area (TPSA) is 75.7 Å². The lowest BCUT2D eigenvalue weighted by Gasteiger charge is -2.31. The van der Waals surface area contributed by atoms with Gasteiger partial charge in [-0.2, -0.15) is 0 Å². The summed E-state index contributed by atoms with van der Waals surface area (Å²) in [7, 11) is 0. The van der Waals surface area contributed by atoms with E-state index in [1.165, 1.54) is 12.5 Å². The fourth-order valence-corrected chi connectivity index (χ4v) is 3.47. The van der Waals surface area contributed by atoms with E-state index in [9.17, 15) is 14.4 Å². The third-order valence-electron chi connectivity index (χ3n) is 4.90. The van der Waals surface area contributed by atoms with Crippen molar-refractivity contribution in [1.29, 1.82) is 0 Å². The molecule has 2 aromatic rings. The Labute approximate surface area is 174 Å². The van der Waals surface area contributed by atoms with Gasteiger partial charge < -0.3 is 15.0 Å². The van der Waals surface area contributed by atoms with Crippen molar-refractivity contribution in [3.63, 3.8) is 0 Å². The zero-order valence-electron chi connectivity index (χ0n) is 16.4. The number of carbonyl (C=O) groups excluding carboxylic acids is 3. The second-order valence-electron chi connectivity index (χ2n) is 7.03. The van der Waals surface area contributed by atoms with Crippen LogP contribution in [0.1, 0.15) is 35.3 Å². The van der Waals surface area contributed by atoms with Gasteiger partial charge in [0.2, 0.25) is 0 Å². The van der Waals surface area contributed by atoms with E-state index < -0.39 is 24.0 Å². The van der Waals surface area contributed by atoms with Crippen LogP contribution in [0.25, 0.3) is 0 Å². The number of rotatable bonds is 5. The van der Waals surface area contributed by atoms with Crippen LogP contribution in [0.2, 0.25) is 5.02 Å². The van der Waals surface area contributed by atoms with E-state index in [-0.39, 0.29) is 11.5 Å². The first-order chi connectivity index (χ1) is 13.9. The summed E-state index contributed by atoms with van der Waals surface area (Å²) in [4.78, 5) is 39.0. The summed E-state index contributed by atoms with van der Waals surface area (Å²) < 4.78 is 5.30. The molecule has 0 spiro atoms. The Balaban J connectivity index is 1.55. The van der Waals surface area contributed by atoms with Gasteiger partial charge in [-0.15, -0.1) is 0 Å². The van der Waals surface area contributed by atoms with Gasteiger partial charge in [-0.1, -0.05) is 48.0 Å². The lowest BCUT2D eigenvalue weighted by molar-refractivity contribution is -0.160. The first-order valence-corrected chi connectivity index (χ1v) is 9.86. The number of hydrogen-bond donors (Lipinski definition) is 1. The van der Waals surface area contributed by atoms with E-state index in [0.29, 0.717) is 18.1 Å². The van der Waals surface area contributed by atoms with Crippen molar-refractivity contribution >= 4 is 29.4 Å². The van der Waals surface area contributed by atoms with Crippen molar-refractivity contribution in [3.8, 4) is 0 Å². The molecule has 2 atom stereocenters. The van der Waals surface area contributed by atoms with Crippen LogP contribution in [0.15, 0.2) is 48.5 Å². The van der Waals surface area contributed by atoms with E-state index in [0.717, 1.165) is 12.0 Å². The van der Waals surface area contributed by atoms with Crippen molar-refractivity contribution in [2.45, 2.75) is 39.0 Å². The molecular formula is C22H23ClN2O4. The van der Waals surface area contributed by atoms with Gasteiger partial charge in [0.15, 0.2) is 6.10 Å². The number of benzene rings is 2. The average molecular weight is 415 g/mol. The number of nitrogens with one attached hydrogen (secondary N) is 1. The predicted molar refractivity (Wildman–Crippen MR) is 109 cm³/mol. The van der Waals surface area contributed by atoms with Gasteiger partial charge in [0.25, 0.3) is 11.8 Å². The molecule has 0 aliphatic carbocycles. The van der Waals surface area contributed by atoms with E-state index in [1.54, 1.807) is 36.1 Å². The molecule has 1 heterocycles. The van der Waals surface area contributed by atoms with Crippen LogP contribution in [0.4, 0.5) is 0 Å². The highest BCUT2D eigenvalue weighted by Gasteiger charge is 2.29. The Morgan fingerprint density at radius 1 is 1.03 bits per heavy atom. The van der Waals surface area contributed by atoms with Gasteiger partial charge in [0.1, 0.15) is 6.04 Å². The fraction of sp³-hybridized carbons (Fsp3) is 0.318. The normalized spacial score (nSPS) is 15.1. The molecule has 0 unspecified atom stereocenters. The predicted octanol–water partition coefficient (Wildman–Crippen LogP) is 2.97. The highest BCUT2D eigenvalue weighted by Crippen LogP contribution is 2.19. The summed E-state index contributed by atoms with van der Waals surface area (Å²) in [6.07, 6.45) is -0.167. The molecule has 3 rings (SSSR count).